The fourth-order valence-electron chi connectivity index (χ4n) is 2.43. The number of amides is 1. The highest BCUT2D eigenvalue weighted by molar-refractivity contribution is 5.93. The maximum Gasteiger partial charge on any atom is 0.254 e. The second-order valence-electron chi connectivity index (χ2n) is 5.38. The summed E-state index contributed by atoms with van der Waals surface area (Å²) in [7, 11) is 0. The van der Waals surface area contributed by atoms with E-state index in [1.807, 2.05) is 0 Å². The van der Waals surface area contributed by atoms with Crippen molar-refractivity contribution in [1.29, 1.82) is 0 Å². The van der Waals surface area contributed by atoms with Crippen molar-refractivity contribution in [1.82, 2.24) is 15.3 Å². The number of anilines is 1. The molecule has 1 fully saturated rings. The van der Waals surface area contributed by atoms with Crippen LogP contribution in [0.1, 0.15) is 62.2 Å². The minimum Gasteiger partial charge on any atom is -0.354 e. The third kappa shape index (κ3) is 4.47. The van der Waals surface area contributed by atoms with Gasteiger partial charge < -0.3 is 10.6 Å². The highest BCUT2D eigenvalue weighted by Crippen LogP contribution is 2.17. The monoisotopic (exact) mass is 276 g/mol. The molecule has 1 aliphatic rings. The van der Waals surface area contributed by atoms with Crippen molar-refractivity contribution in [2.24, 2.45) is 0 Å². The second-order valence-corrected chi connectivity index (χ2v) is 5.38. The lowest BCUT2D eigenvalue weighted by Crippen LogP contribution is -2.36. The first kappa shape index (κ1) is 14.8. The van der Waals surface area contributed by atoms with Gasteiger partial charge in [-0.1, -0.05) is 32.6 Å². The van der Waals surface area contributed by atoms with E-state index in [4.69, 9.17) is 0 Å². The molecule has 1 saturated carbocycles. The summed E-state index contributed by atoms with van der Waals surface area (Å²) in [6.45, 7) is 3.01. The normalized spacial score (nSPS) is 15.8. The summed E-state index contributed by atoms with van der Waals surface area (Å²) < 4.78 is 0. The number of carbonyl (C=O) groups excluding carboxylic acids is 1. The van der Waals surface area contributed by atoms with Crippen LogP contribution in [0.15, 0.2) is 12.4 Å². The summed E-state index contributed by atoms with van der Waals surface area (Å²) in [5.74, 6) is 0.532. The quantitative estimate of drug-likeness (QED) is 0.784. The molecule has 5 nitrogen and oxygen atoms in total. The third-order valence-corrected chi connectivity index (χ3v) is 3.67. The highest BCUT2D eigenvalue weighted by atomic mass is 16.1. The van der Waals surface area contributed by atoms with Crippen molar-refractivity contribution in [2.45, 2.75) is 57.9 Å². The summed E-state index contributed by atoms with van der Waals surface area (Å²) in [5.41, 5.74) is 0.539. The van der Waals surface area contributed by atoms with E-state index in [1.54, 1.807) is 12.4 Å². The highest BCUT2D eigenvalue weighted by Gasteiger charge is 2.16. The SMILES string of the molecule is CCCCNc1ncc(C(=O)NC2CCCCC2)cn1. The average molecular weight is 276 g/mol. The van der Waals surface area contributed by atoms with Crippen LogP contribution in [0.25, 0.3) is 0 Å². The molecule has 0 spiro atoms. The Balaban J connectivity index is 1.83. The van der Waals surface area contributed by atoms with Gasteiger partial charge in [-0.2, -0.15) is 0 Å². The van der Waals surface area contributed by atoms with Gasteiger partial charge in [-0.05, 0) is 19.3 Å². The Morgan fingerprint density at radius 2 is 1.95 bits per heavy atom. The van der Waals surface area contributed by atoms with Crippen LogP contribution >= 0.6 is 0 Å². The van der Waals surface area contributed by atoms with Crippen molar-refractivity contribution in [2.75, 3.05) is 11.9 Å². The van der Waals surface area contributed by atoms with Crippen LogP contribution in [0.5, 0.6) is 0 Å². The van der Waals surface area contributed by atoms with Crippen LogP contribution in [0.2, 0.25) is 0 Å². The maximum atomic E-state index is 12.1. The number of unbranched alkanes of at least 4 members (excludes halogenated alkanes) is 1. The van der Waals surface area contributed by atoms with Crippen molar-refractivity contribution < 1.29 is 4.79 Å². The largest absolute Gasteiger partial charge is 0.354 e. The lowest BCUT2D eigenvalue weighted by molar-refractivity contribution is 0.0927. The minimum absolute atomic E-state index is 0.0583. The van der Waals surface area contributed by atoms with Crippen molar-refractivity contribution in [3.8, 4) is 0 Å². The molecule has 1 aromatic heterocycles. The summed E-state index contributed by atoms with van der Waals surface area (Å²) >= 11 is 0. The standard InChI is InChI=1S/C15H24N4O/c1-2-3-9-16-15-17-10-12(11-18-15)14(20)19-13-7-5-4-6-8-13/h10-11,13H,2-9H2,1H3,(H,19,20)(H,16,17,18). The molecule has 1 heterocycles. The first-order valence-corrected chi connectivity index (χ1v) is 7.66. The van der Waals surface area contributed by atoms with Crippen LogP contribution in [-0.2, 0) is 0 Å². The zero-order chi connectivity index (χ0) is 14.2. The molecule has 5 heteroatoms. The Morgan fingerprint density at radius 1 is 1.25 bits per heavy atom. The summed E-state index contributed by atoms with van der Waals surface area (Å²) in [6.07, 6.45) is 11.3. The molecule has 0 saturated heterocycles. The summed E-state index contributed by atoms with van der Waals surface area (Å²) in [6, 6.07) is 0.318. The molecule has 0 aromatic carbocycles. The molecule has 0 aliphatic heterocycles. The van der Waals surface area contributed by atoms with Gasteiger partial charge in [-0.3, -0.25) is 4.79 Å². The Labute approximate surface area is 120 Å². The van der Waals surface area contributed by atoms with E-state index in [-0.39, 0.29) is 5.91 Å². The van der Waals surface area contributed by atoms with E-state index >= 15 is 0 Å². The van der Waals surface area contributed by atoms with Crippen molar-refractivity contribution >= 4 is 11.9 Å². The number of rotatable bonds is 6. The predicted molar refractivity (Wildman–Crippen MR) is 79.8 cm³/mol. The molecular weight excluding hydrogens is 252 g/mol. The molecule has 1 aliphatic carbocycles. The zero-order valence-corrected chi connectivity index (χ0v) is 12.2. The van der Waals surface area contributed by atoms with E-state index in [0.29, 0.717) is 17.6 Å². The second kappa shape index (κ2) is 7.82. The maximum absolute atomic E-state index is 12.1. The average Bonchev–Trinajstić information content (AvgIpc) is 2.49. The molecule has 0 unspecified atom stereocenters. The molecule has 1 amide bonds. The van der Waals surface area contributed by atoms with Crippen molar-refractivity contribution in [3.63, 3.8) is 0 Å². The molecule has 2 rings (SSSR count). The molecule has 2 N–H and O–H groups in total. The molecule has 0 atom stereocenters. The fourth-order valence-corrected chi connectivity index (χ4v) is 2.43. The van der Waals surface area contributed by atoms with E-state index in [2.05, 4.69) is 27.5 Å². The molecule has 1 aromatic rings. The van der Waals surface area contributed by atoms with Gasteiger partial charge in [0.15, 0.2) is 0 Å². The number of aromatic nitrogens is 2. The predicted octanol–water partition coefficient (Wildman–Crippen LogP) is 2.75. The smallest absolute Gasteiger partial charge is 0.254 e. The Hall–Kier alpha value is -1.65. The first-order valence-electron chi connectivity index (χ1n) is 7.66. The molecule has 110 valence electrons. The van der Waals surface area contributed by atoms with Crippen LogP contribution in [0.4, 0.5) is 5.95 Å². The molecule has 0 radical (unpaired) electrons. The molecular formula is C15H24N4O. The van der Waals surface area contributed by atoms with E-state index in [1.165, 1.54) is 19.3 Å². The Morgan fingerprint density at radius 3 is 2.60 bits per heavy atom. The van der Waals surface area contributed by atoms with Gasteiger partial charge >= 0.3 is 0 Å². The topological polar surface area (TPSA) is 66.9 Å². The van der Waals surface area contributed by atoms with Crippen LogP contribution < -0.4 is 10.6 Å². The van der Waals surface area contributed by atoms with Crippen LogP contribution in [-0.4, -0.2) is 28.5 Å². The van der Waals surface area contributed by atoms with Gasteiger partial charge in [0.1, 0.15) is 0 Å². The number of carbonyl (C=O) groups is 1. The Kier molecular flexibility index (Phi) is 5.77. The lowest BCUT2D eigenvalue weighted by Gasteiger charge is -2.22. The van der Waals surface area contributed by atoms with Gasteiger partial charge in [0, 0.05) is 25.0 Å². The van der Waals surface area contributed by atoms with E-state index < -0.39 is 0 Å². The fraction of sp³-hybridized carbons (Fsp3) is 0.667. The number of nitrogens with zero attached hydrogens (tertiary/aromatic N) is 2. The number of hydrogen-bond acceptors (Lipinski definition) is 4. The summed E-state index contributed by atoms with van der Waals surface area (Å²) in [5, 5.41) is 6.21. The lowest BCUT2D eigenvalue weighted by atomic mass is 9.95. The van der Waals surface area contributed by atoms with Crippen LogP contribution in [0, 0.1) is 0 Å². The van der Waals surface area contributed by atoms with Crippen molar-refractivity contribution in [3.05, 3.63) is 18.0 Å². The summed E-state index contributed by atoms with van der Waals surface area (Å²) in [4.78, 5) is 20.4. The van der Waals surface area contributed by atoms with Crippen LogP contribution in [0.3, 0.4) is 0 Å². The minimum atomic E-state index is -0.0583. The van der Waals surface area contributed by atoms with Gasteiger partial charge in [0.05, 0.1) is 5.56 Å². The molecule has 0 bridgehead atoms. The van der Waals surface area contributed by atoms with Gasteiger partial charge in [0.25, 0.3) is 5.91 Å². The molecule has 20 heavy (non-hydrogen) atoms. The zero-order valence-electron chi connectivity index (χ0n) is 12.2. The number of nitrogens with one attached hydrogen (secondary N) is 2. The van der Waals surface area contributed by atoms with Gasteiger partial charge in [0.2, 0.25) is 5.95 Å². The number of hydrogen-bond donors (Lipinski definition) is 2. The van der Waals surface area contributed by atoms with Gasteiger partial charge in [-0.15, -0.1) is 0 Å². The Bertz CT molecular complexity index is 412. The van der Waals surface area contributed by atoms with Gasteiger partial charge in [-0.25, -0.2) is 9.97 Å². The first-order chi connectivity index (χ1) is 9.79. The van der Waals surface area contributed by atoms with E-state index in [0.717, 1.165) is 32.2 Å². The third-order valence-electron chi connectivity index (χ3n) is 3.67. The van der Waals surface area contributed by atoms with E-state index in [9.17, 15) is 4.79 Å².